The summed E-state index contributed by atoms with van der Waals surface area (Å²) in [5.41, 5.74) is 0.540. The molecule has 23 heavy (non-hydrogen) atoms. The molecule has 2 saturated heterocycles. The molecule has 126 valence electrons. The van der Waals surface area contributed by atoms with E-state index in [1.54, 1.807) is 17.0 Å². The highest BCUT2D eigenvalue weighted by Gasteiger charge is 2.47. The summed E-state index contributed by atoms with van der Waals surface area (Å²) in [6, 6.07) is 7.12. The molecule has 0 N–H and O–H groups in total. The van der Waals surface area contributed by atoms with Crippen molar-refractivity contribution in [2.75, 3.05) is 32.5 Å². The molecule has 0 radical (unpaired) electrons. The lowest BCUT2D eigenvalue weighted by atomic mass is 9.84. The van der Waals surface area contributed by atoms with Gasteiger partial charge in [-0.1, -0.05) is 12.1 Å². The lowest BCUT2D eigenvalue weighted by Crippen LogP contribution is -2.65. The van der Waals surface area contributed by atoms with E-state index < -0.39 is 10.0 Å². The first-order valence-electron chi connectivity index (χ1n) is 7.89. The third kappa shape index (κ3) is 3.07. The molecule has 0 spiro atoms. The molecule has 3 rings (SSSR count). The van der Waals surface area contributed by atoms with Gasteiger partial charge in [0.1, 0.15) is 5.75 Å². The van der Waals surface area contributed by atoms with Gasteiger partial charge in [-0.3, -0.25) is 4.79 Å². The van der Waals surface area contributed by atoms with Crippen LogP contribution in [-0.2, 0) is 10.0 Å². The zero-order valence-corrected chi connectivity index (χ0v) is 14.3. The molecule has 6 nitrogen and oxygen atoms in total. The Morgan fingerprint density at radius 2 is 2.04 bits per heavy atom. The van der Waals surface area contributed by atoms with E-state index in [9.17, 15) is 13.2 Å². The number of ether oxygens (including phenoxy) is 1. The molecule has 0 unspecified atom stereocenters. The second-order valence-electron chi connectivity index (χ2n) is 6.13. The summed E-state index contributed by atoms with van der Waals surface area (Å²) in [6.07, 6.45) is 2.08. The van der Waals surface area contributed by atoms with Crippen molar-refractivity contribution in [2.45, 2.75) is 19.4 Å². The smallest absolute Gasteiger partial charge is 0.257 e. The predicted molar refractivity (Wildman–Crippen MR) is 87.0 cm³/mol. The van der Waals surface area contributed by atoms with Gasteiger partial charge >= 0.3 is 0 Å². The van der Waals surface area contributed by atoms with Crippen LogP contribution in [0.3, 0.4) is 0 Å². The highest BCUT2D eigenvalue weighted by molar-refractivity contribution is 7.88. The number of fused-ring (bicyclic) bond motifs is 1. The average molecular weight is 338 g/mol. The first-order chi connectivity index (χ1) is 10.9. The monoisotopic (exact) mass is 338 g/mol. The van der Waals surface area contributed by atoms with Crippen LogP contribution in [0.2, 0.25) is 0 Å². The number of carbonyl (C=O) groups is 1. The van der Waals surface area contributed by atoms with Gasteiger partial charge in [-0.25, -0.2) is 8.42 Å². The fraction of sp³-hybridized carbons (Fsp3) is 0.562. The Morgan fingerprint density at radius 1 is 1.30 bits per heavy atom. The van der Waals surface area contributed by atoms with E-state index in [-0.39, 0.29) is 11.9 Å². The minimum absolute atomic E-state index is 0.0815. The zero-order valence-electron chi connectivity index (χ0n) is 13.4. The summed E-state index contributed by atoms with van der Waals surface area (Å²) in [5, 5.41) is 0. The number of rotatable bonds is 4. The van der Waals surface area contributed by atoms with Gasteiger partial charge in [-0.15, -0.1) is 0 Å². The maximum atomic E-state index is 12.8. The van der Waals surface area contributed by atoms with E-state index in [0.717, 1.165) is 6.42 Å². The van der Waals surface area contributed by atoms with Crippen LogP contribution in [0.15, 0.2) is 24.3 Å². The van der Waals surface area contributed by atoms with Crippen LogP contribution in [-0.4, -0.2) is 62.1 Å². The molecule has 0 saturated carbocycles. The quantitative estimate of drug-likeness (QED) is 0.827. The van der Waals surface area contributed by atoms with Gasteiger partial charge in [0.05, 0.1) is 18.4 Å². The van der Waals surface area contributed by atoms with E-state index in [1.165, 1.54) is 10.6 Å². The molecule has 2 atom stereocenters. The summed E-state index contributed by atoms with van der Waals surface area (Å²) in [7, 11) is -3.20. The number of hydrogen-bond acceptors (Lipinski definition) is 4. The van der Waals surface area contributed by atoms with Crippen molar-refractivity contribution in [3.8, 4) is 5.75 Å². The number of carbonyl (C=O) groups excluding carboxylic acids is 1. The van der Waals surface area contributed by atoms with Crippen LogP contribution >= 0.6 is 0 Å². The fourth-order valence-corrected chi connectivity index (χ4v) is 4.60. The van der Waals surface area contributed by atoms with E-state index in [4.69, 9.17) is 4.74 Å². The van der Waals surface area contributed by atoms with Crippen molar-refractivity contribution in [1.82, 2.24) is 9.21 Å². The van der Waals surface area contributed by atoms with Crippen molar-refractivity contribution < 1.29 is 17.9 Å². The maximum absolute atomic E-state index is 12.8. The van der Waals surface area contributed by atoms with Gasteiger partial charge in [0.2, 0.25) is 10.0 Å². The Kier molecular flexibility index (Phi) is 4.33. The topological polar surface area (TPSA) is 66.9 Å². The summed E-state index contributed by atoms with van der Waals surface area (Å²) in [4.78, 5) is 14.6. The fourth-order valence-electron chi connectivity index (χ4n) is 3.41. The van der Waals surface area contributed by atoms with Gasteiger partial charge in [0.15, 0.2) is 0 Å². The van der Waals surface area contributed by atoms with Crippen LogP contribution in [0.1, 0.15) is 23.7 Å². The lowest BCUT2D eigenvalue weighted by Gasteiger charge is -2.51. The largest absolute Gasteiger partial charge is 0.493 e. The standard InChI is InChI=1S/C16H22N2O4S/c1-3-22-15-7-5-4-6-13(15)16(19)17-9-8-12-10-18(14(12)11-17)23(2,20)21/h4-7,12,14H,3,8-11H2,1-2H3/t12-,14-/m1/s1. The molecule has 2 aliphatic heterocycles. The Labute approximate surface area is 137 Å². The van der Waals surface area contributed by atoms with Gasteiger partial charge < -0.3 is 9.64 Å². The van der Waals surface area contributed by atoms with E-state index in [0.29, 0.717) is 43.5 Å². The number of sulfonamides is 1. The molecular formula is C16H22N2O4S. The maximum Gasteiger partial charge on any atom is 0.257 e. The lowest BCUT2D eigenvalue weighted by molar-refractivity contribution is 0.0139. The Hall–Kier alpha value is -1.60. The van der Waals surface area contributed by atoms with Crippen molar-refractivity contribution >= 4 is 15.9 Å². The second-order valence-corrected chi connectivity index (χ2v) is 8.06. The number of amides is 1. The normalized spacial score (nSPS) is 24.7. The van der Waals surface area contributed by atoms with Crippen molar-refractivity contribution in [3.05, 3.63) is 29.8 Å². The van der Waals surface area contributed by atoms with Crippen LogP contribution in [0, 0.1) is 5.92 Å². The predicted octanol–water partition coefficient (Wildman–Crippen LogP) is 1.19. The minimum atomic E-state index is -3.20. The number of likely N-dealkylation sites (tertiary alicyclic amines) is 1. The van der Waals surface area contributed by atoms with Crippen LogP contribution < -0.4 is 4.74 Å². The minimum Gasteiger partial charge on any atom is -0.493 e. The first kappa shape index (κ1) is 16.3. The molecule has 0 aromatic heterocycles. The number of hydrogen-bond donors (Lipinski definition) is 0. The Bertz CT molecular complexity index is 704. The molecule has 2 fully saturated rings. The second kappa shape index (κ2) is 6.13. The Morgan fingerprint density at radius 3 is 2.74 bits per heavy atom. The van der Waals surface area contributed by atoms with E-state index in [1.807, 2.05) is 19.1 Å². The van der Waals surface area contributed by atoms with E-state index >= 15 is 0 Å². The average Bonchev–Trinajstić information content (AvgIpc) is 2.47. The summed E-state index contributed by atoms with van der Waals surface area (Å²) in [5.74, 6) is 0.861. The first-order valence-corrected chi connectivity index (χ1v) is 9.74. The molecule has 1 amide bonds. The third-order valence-electron chi connectivity index (χ3n) is 4.64. The molecule has 0 aliphatic carbocycles. The Balaban J connectivity index is 1.76. The SMILES string of the molecule is CCOc1ccccc1C(=O)N1CC[C@@H]2CN(S(C)(=O)=O)[C@@H]2C1. The highest BCUT2D eigenvalue weighted by Crippen LogP contribution is 2.35. The molecule has 1 aromatic carbocycles. The molecule has 2 aliphatic rings. The molecule has 7 heteroatoms. The number of nitrogens with zero attached hydrogens (tertiary/aromatic N) is 2. The third-order valence-corrected chi connectivity index (χ3v) is 5.91. The van der Waals surface area contributed by atoms with Crippen LogP contribution in [0.25, 0.3) is 0 Å². The molecule has 1 aromatic rings. The van der Waals surface area contributed by atoms with Crippen molar-refractivity contribution in [1.29, 1.82) is 0 Å². The molecule has 2 heterocycles. The van der Waals surface area contributed by atoms with Gasteiger partial charge in [0, 0.05) is 25.7 Å². The summed E-state index contributed by atoms with van der Waals surface area (Å²) >= 11 is 0. The zero-order chi connectivity index (χ0) is 16.6. The highest BCUT2D eigenvalue weighted by atomic mass is 32.2. The van der Waals surface area contributed by atoms with Gasteiger partial charge in [-0.2, -0.15) is 4.31 Å². The number of piperidine rings is 1. The van der Waals surface area contributed by atoms with E-state index in [2.05, 4.69) is 0 Å². The number of benzene rings is 1. The molecule has 0 bridgehead atoms. The molecular weight excluding hydrogens is 316 g/mol. The summed E-state index contributed by atoms with van der Waals surface area (Å²) < 4.78 is 30.6. The van der Waals surface area contributed by atoms with Crippen LogP contribution in [0.4, 0.5) is 0 Å². The van der Waals surface area contributed by atoms with Crippen molar-refractivity contribution in [3.63, 3.8) is 0 Å². The van der Waals surface area contributed by atoms with Gasteiger partial charge in [-0.05, 0) is 31.4 Å². The van der Waals surface area contributed by atoms with Crippen LogP contribution in [0.5, 0.6) is 5.75 Å². The summed E-state index contributed by atoms with van der Waals surface area (Å²) in [6.45, 7) is 4.08. The van der Waals surface area contributed by atoms with Crippen molar-refractivity contribution in [2.24, 2.45) is 5.92 Å². The number of para-hydroxylation sites is 1. The van der Waals surface area contributed by atoms with Gasteiger partial charge in [0.25, 0.3) is 5.91 Å².